The number of hydrogen-bond acceptors (Lipinski definition) is 3. The van der Waals surface area contributed by atoms with Crippen LogP contribution in [-0.4, -0.2) is 18.0 Å². The normalized spacial score (nSPS) is 25.5. The molecule has 170 valence electrons. The second-order valence-corrected chi connectivity index (χ2v) is 8.55. The van der Waals surface area contributed by atoms with E-state index in [2.05, 4.69) is 5.32 Å². The second-order valence-electron chi connectivity index (χ2n) is 8.55. The Hall–Kier alpha value is -3.55. The van der Waals surface area contributed by atoms with Gasteiger partial charge in [-0.05, 0) is 55.2 Å². The van der Waals surface area contributed by atoms with E-state index in [1.807, 2.05) is 24.3 Å². The van der Waals surface area contributed by atoms with Crippen LogP contribution in [0, 0.1) is 5.92 Å². The zero-order chi connectivity index (χ0) is 23.5. The average molecular weight is 454 g/mol. The first-order valence-electron chi connectivity index (χ1n) is 10.6. The standard InChI is InChI=1S/C25H21F3N2O3/c1-13-14(2)24(30(23(13)32)17-8-5-7-16(11-17)25(26,27)28)33-12-20-19-10-15-6-3-4-9-18(15)21(19)29-22(20)31/h3-9,11-12,19,21,24H,10H2,1-2H3,(H,29,31)/b20-12+. The molecule has 2 aliphatic heterocycles. The molecule has 0 radical (unpaired) electrons. The van der Waals surface area contributed by atoms with Crippen molar-refractivity contribution in [2.24, 2.45) is 5.92 Å². The number of nitrogens with one attached hydrogen (secondary N) is 1. The van der Waals surface area contributed by atoms with E-state index in [1.54, 1.807) is 13.8 Å². The molecular formula is C25H21F3N2O3. The van der Waals surface area contributed by atoms with Crippen molar-refractivity contribution < 1.29 is 27.5 Å². The molecule has 1 aliphatic carbocycles. The molecule has 2 amide bonds. The van der Waals surface area contributed by atoms with Crippen molar-refractivity contribution in [3.8, 4) is 0 Å². The number of halogens is 3. The van der Waals surface area contributed by atoms with Gasteiger partial charge in [0.15, 0.2) is 0 Å². The SMILES string of the molecule is CC1=C(C)C(O/C=C2/C(=O)NC3c4ccccc4CC23)N(c2cccc(C(F)(F)F)c2)C1=O. The molecule has 0 spiro atoms. The first-order chi connectivity index (χ1) is 15.7. The van der Waals surface area contributed by atoms with Crippen LogP contribution in [-0.2, 0) is 26.9 Å². The minimum Gasteiger partial charge on any atom is -0.473 e. The van der Waals surface area contributed by atoms with Crippen molar-refractivity contribution in [1.82, 2.24) is 5.32 Å². The fraction of sp³-hybridized carbons (Fsp3) is 0.280. The van der Waals surface area contributed by atoms with Gasteiger partial charge in [0.05, 0.1) is 23.4 Å². The molecule has 1 fully saturated rings. The van der Waals surface area contributed by atoms with E-state index in [0.29, 0.717) is 23.1 Å². The molecule has 8 heteroatoms. The van der Waals surface area contributed by atoms with Gasteiger partial charge >= 0.3 is 6.18 Å². The molecule has 5 rings (SSSR count). The summed E-state index contributed by atoms with van der Waals surface area (Å²) in [7, 11) is 0. The maximum atomic E-state index is 13.2. The van der Waals surface area contributed by atoms with E-state index in [0.717, 1.165) is 23.3 Å². The minimum atomic E-state index is -4.54. The Morgan fingerprint density at radius 1 is 1.09 bits per heavy atom. The molecule has 0 saturated carbocycles. The topological polar surface area (TPSA) is 58.6 Å². The quantitative estimate of drug-likeness (QED) is 0.542. The number of alkyl halides is 3. The third kappa shape index (κ3) is 3.41. The lowest BCUT2D eigenvalue weighted by molar-refractivity contribution is -0.137. The third-order valence-corrected chi connectivity index (χ3v) is 6.69. The van der Waals surface area contributed by atoms with Gasteiger partial charge in [0.1, 0.15) is 0 Å². The number of hydrogen-bond donors (Lipinski definition) is 1. The molecule has 1 saturated heterocycles. The summed E-state index contributed by atoms with van der Waals surface area (Å²) < 4.78 is 45.7. The van der Waals surface area contributed by atoms with E-state index in [4.69, 9.17) is 4.74 Å². The van der Waals surface area contributed by atoms with Crippen molar-refractivity contribution in [2.45, 2.75) is 38.7 Å². The summed E-state index contributed by atoms with van der Waals surface area (Å²) in [4.78, 5) is 26.7. The van der Waals surface area contributed by atoms with Gasteiger partial charge in [-0.25, -0.2) is 0 Å². The molecule has 2 heterocycles. The van der Waals surface area contributed by atoms with Crippen LogP contribution in [0.2, 0.25) is 0 Å². The molecule has 3 unspecified atom stereocenters. The van der Waals surface area contributed by atoms with Crippen molar-refractivity contribution >= 4 is 17.5 Å². The summed E-state index contributed by atoms with van der Waals surface area (Å²) in [6.07, 6.45) is -3.43. The summed E-state index contributed by atoms with van der Waals surface area (Å²) in [5.74, 6) is -0.774. The number of nitrogens with zero attached hydrogens (tertiary/aromatic N) is 1. The van der Waals surface area contributed by atoms with Crippen LogP contribution in [0.15, 0.2) is 71.5 Å². The molecule has 3 atom stereocenters. The number of anilines is 1. The molecular weight excluding hydrogens is 433 g/mol. The third-order valence-electron chi connectivity index (χ3n) is 6.69. The highest BCUT2D eigenvalue weighted by atomic mass is 19.4. The Labute approximate surface area is 188 Å². The predicted molar refractivity (Wildman–Crippen MR) is 115 cm³/mol. The van der Waals surface area contributed by atoms with Crippen molar-refractivity contribution in [2.75, 3.05) is 4.90 Å². The van der Waals surface area contributed by atoms with Gasteiger partial charge in [-0.1, -0.05) is 30.3 Å². The van der Waals surface area contributed by atoms with E-state index in [-0.39, 0.29) is 23.6 Å². The van der Waals surface area contributed by atoms with Gasteiger partial charge in [0.25, 0.3) is 11.8 Å². The number of amides is 2. The number of ether oxygens (including phenoxy) is 1. The van der Waals surface area contributed by atoms with Gasteiger partial charge in [0.2, 0.25) is 6.23 Å². The molecule has 33 heavy (non-hydrogen) atoms. The van der Waals surface area contributed by atoms with Crippen molar-refractivity contribution in [1.29, 1.82) is 0 Å². The Balaban J connectivity index is 1.45. The Bertz CT molecular complexity index is 1230. The Kier molecular flexibility index (Phi) is 4.84. The van der Waals surface area contributed by atoms with Gasteiger partial charge in [0, 0.05) is 17.2 Å². The van der Waals surface area contributed by atoms with Crippen LogP contribution in [0.1, 0.15) is 36.6 Å². The molecule has 2 aromatic carbocycles. The van der Waals surface area contributed by atoms with Crippen LogP contribution in [0.5, 0.6) is 0 Å². The van der Waals surface area contributed by atoms with Crippen molar-refractivity contribution in [3.63, 3.8) is 0 Å². The summed E-state index contributed by atoms with van der Waals surface area (Å²) in [5.41, 5.74) is 2.91. The minimum absolute atomic E-state index is 0.0800. The molecule has 2 aromatic rings. The molecule has 0 bridgehead atoms. The highest BCUT2D eigenvalue weighted by molar-refractivity contribution is 6.09. The Morgan fingerprint density at radius 2 is 1.85 bits per heavy atom. The first kappa shape index (κ1) is 21.3. The lowest BCUT2D eigenvalue weighted by Gasteiger charge is -2.26. The summed E-state index contributed by atoms with van der Waals surface area (Å²) >= 11 is 0. The predicted octanol–water partition coefficient (Wildman–Crippen LogP) is 4.66. The number of fused-ring (bicyclic) bond motifs is 3. The zero-order valence-corrected chi connectivity index (χ0v) is 17.9. The smallest absolute Gasteiger partial charge is 0.416 e. The molecule has 0 aromatic heterocycles. The lowest BCUT2D eigenvalue weighted by atomic mass is 9.97. The van der Waals surface area contributed by atoms with Crippen LogP contribution < -0.4 is 10.2 Å². The van der Waals surface area contributed by atoms with Crippen LogP contribution in [0.4, 0.5) is 18.9 Å². The summed E-state index contributed by atoms with van der Waals surface area (Å²) in [6, 6.07) is 12.4. The summed E-state index contributed by atoms with van der Waals surface area (Å²) in [5, 5.41) is 2.99. The zero-order valence-electron chi connectivity index (χ0n) is 17.9. The molecule has 3 aliphatic rings. The largest absolute Gasteiger partial charge is 0.473 e. The van der Waals surface area contributed by atoms with Gasteiger partial charge in [-0.3, -0.25) is 14.5 Å². The van der Waals surface area contributed by atoms with Crippen molar-refractivity contribution in [3.05, 3.63) is 88.2 Å². The number of carbonyl (C=O) groups is 2. The second kappa shape index (κ2) is 7.50. The van der Waals surface area contributed by atoms with Crippen LogP contribution in [0.25, 0.3) is 0 Å². The number of rotatable bonds is 3. The van der Waals surface area contributed by atoms with E-state index in [1.165, 1.54) is 23.3 Å². The molecule has 1 N–H and O–H groups in total. The van der Waals surface area contributed by atoms with Crippen LogP contribution in [0.3, 0.4) is 0 Å². The average Bonchev–Trinajstić information content (AvgIpc) is 3.36. The molecule has 5 nitrogen and oxygen atoms in total. The first-order valence-corrected chi connectivity index (χ1v) is 10.6. The van der Waals surface area contributed by atoms with E-state index >= 15 is 0 Å². The lowest BCUT2D eigenvalue weighted by Crippen LogP contribution is -2.36. The fourth-order valence-corrected chi connectivity index (χ4v) is 4.82. The fourth-order valence-electron chi connectivity index (χ4n) is 4.82. The highest BCUT2D eigenvalue weighted by Crippen LogP contribution is 2.44. The van der Waals surface area contributed by atoms with E-state index < -0.39 is 23.9 Å². The Morgan fingerprint density at radius 3 is 2.61 bits per heavy atom. The maximum Gasteiger partial charge on any atom is 0.416 e. The summed E-state index contributed by atoms with van der Waals surface area (Å²) in [6.45, 7) is 3.31. The number of benzene rings is 2. The van der Waals surface area contributed by atoms with E-state index in [9.17, 15) is 22.8 Å². The number of carbonyl (C=O) groups excluding carboxylic acids is 2. The van der Waals surface area contributed by atoms with Crippen LogP contribution >= 0.6 is 0 Å². The highest BCUT2D eigenvalue weighted by Gasteiger charge is 2.45. The van der Waals surface area contributed by atoms with Gasteiger partial charge < -0.3 is 10.1 Å². The van der Waals surface area contributed by atoms with Gasteiger partial charge in [-0.2, -0.15) is 13.2 Å². The van der Waals surface area contributed by atoms with Gasteiger partial charge in [-0.15, -0.1) is 0 Å². The maximum absolute atomic E-state index is 13.2. The monoisotopic (exact) mass is 454 g/mol.